The molecule has 0 aromatic carbocycles. The monoisotopic (exact) mass is 266 g/mol. The second-order valence-corrected chi connectivity index (χ2v) is 5.18. The molecular weight excluding hydrogens is 240 g/mol. The number of aromatic nitrogens is 2. The van der Waals surface area contributed by atoms with E-state index in [1.807, 2.05) is 6.20 Å². The Bertz CT molecular complexity index is 360. The van der Waals surface area contributed by atoms with Crippen LogP contribution in [0.15, 0.2) is 12.3 Å². The van der Waals surface area contributed by atoms with Crippen LogP contribution >= 0.6 is 0 Å². The first-order chi connectivity index (χ1) is 9.29. The van der Waals surface area contributed by atoms with Crippen molar-refractivity contribution in [2.24, 2.45) is 0 Å². The van der Waals surface area contributed by atoms with Crippen molar-refractivity contribution in [3.05, 3.63) is 18.0 Å². The zero-order valence-corrected chi connectivity index (χ0v) is 12.2. The molecule has 108 valence electrons. The molecule has 5 heteroatoms. The predicted octanol–water partition coefficient (Wildman–Crippen LogP) is 1.06. The van der Waals surface area contributed by atoms with Gasteiger partial charge in [0.25, 0.3) is 0 Å². The second kappa shape index (κ2) is 7.62. The molecule has 2 rings (SSSR count). The summed E-state index contributed by atoms with van der Waals surface area (Å²) in [6, 6.07) is 2.11. The van der Waals surface area contributed by atoms with Gasteiger partial charge >= 0.3 is 0 Å². The topological polar surface area (TPSA) is 33.5 Å². The molecule has 0 saturated carbocycles. The molecule has 2 heterocycles. The molecule has 0 unspecified atom stereocenters. The summed E-state index contributed by atoms with van der Waals surface area (Å²) in [5, 5.41) is 4.31. The minimum absolute atomic E-state index is 0.894. The van der Waals surface area contributed by atoms with Crippen LogP contribution in [0.2, 0.25) is 0 Å². The smallest absolute Gasteiger partial charge is 0.0594 e. The van der Waals surface area contributed by atoms with Crippen molar-refractivity contribution in [2.45, 2.75) is 26.4 Å². The summed E-state index contributed by atoms with van der Waals surface area (Å²) in [6.07, 6.45) is 3.11. The van der Waals surface area contributed by atoms with Gasteiger partial charge in [-0.2, -0.15) is 5.10 Å². The molecule has 1 aliphatic heterocycles. The van der Waals surface area contributed by atoms with E-state index in [0.29, 0.717) is 0 Å². The fraction of sp³-hybridized carbons (Fsp3) is 0.786. The quantitative estimate of drug-likeness (QED) is 0.739. The molecule has 0 amide bonds. The molecule has 0 spiro atoms. The van der Waals surface area contributed by atoms with Crippen molar-refractivity contribution in [3.63, 3.8) is 0 Å². The Morgan fingerprint density at radius 3 is 2.89 bits per heavy atom. The van der Waals surface area contributed by atoms with Gasteiger partial charge in [0, 0.05) is 32.4 Å². The second-order valence-electron chi connectivity index (χ2n) is 5.18. The summed E-state index contributed by atoms with van der Waals surface area (Å²) in [4.78, 5) is 4.87. The highest BCUT2D eigenvalue weighted by molar-refractivity contribution is 4.99. The summed E-state index contributed by atoms with van der Waals surface area (Å²) in [5.41, 5.74) is 1.30. The maximum atomic E-state index is 5.36. The van der Waals surface area contributed by atoms with Gasteiger partial charge in [-0.3, -0.25) is 9.58 Å². The van der Waals surface area contributed by atoms with Crippen LogP contribution < -0.4 is 0 Å². The third-order valence-corrected chi connectivity index (χ3v) is 3.65. The lowest BCUT2D eigenvalue weighted by molar-refractivity contribution is 0.0363. The van der Waals surface area contributed by atoms with E-state index < -0.39 is 0 Å². The number of aryl methyl sites for hydroxylation is 1. The molecule has 0 radical (unpaired) electrons. The van der Waals surface area contributed by atoms with Crippen LogP contribution in [0.25, 0.3) is 0 Å². The Kier molecular flexibility index (Phi) is 5.82. The number of nitrogens with zero attached hydrogens (tertiary/aromatic N) is 4. The van der Waals surface area contributed by atoms with Gasteiger partial charge in [0.15, 0.2) is 0 Å². The SMILES string of the molecule is CCn1nccc1CN(C)CCCN1CCOCC1. The number of ether oxygens (including phenoxy) is 1. The van der Waals surface area contributed by atoms with Crippen LogP contribution in [0, 0.1) is 0 Å². The van der Waals surface area contributed by atoms with Crippen molar-refractivity contribution in [2.75, 3.05) is 46.4 Å². The number of hydrogen-bond acceptors (Lipinski definition) is 4. The standard InChI is InChI=1S/C14H26N4O/c1-3-18-14(5-6-15-18)13-16(2)7-4-8-17-9-11-19-12-10-17/h5-6H,3-4,7-13H2,1-2H3. The fourth-order valence-corrected chi connectivity index (χ4v) is 2.52. The third-order valence-electron chi connectivity index (χ3n) is 3.65. The minimum Gasteiger partial charge on any atom is -0.379 e. The largest absolute Gasteiger partial charge is 0.379 e. The Morgan fingerprint density at radius 1 is 1.37 bits per heavy atom. The van der Waals surface area contributed by atoms with Crippen molar-refractivity contribution in [1.82, 2.24) is 19.6 Å². The molecule has 1 saturated heterocycles. The van der Waals surface area contributed by atoms with E-state index in [-0.39, 0.29) is 0 Å². The maximum absolute atomic E-state index is 5.36. The molecule has 1 aromatic rings. The minimum atomic E-state index is 0.894. The first-order valence-electron chi connectivity index (χ1n) is 7.29. The van der Waals surface area contributed by atoms with Gasteiger partial charge in [0.05, 0.1) is 18.9 Å². The first-order valence-corrected chi connectivity index (χ1v) is 7.29. The van der Waals surface area contributed by atoms with E-state index in [1.54, 1.807) is 0 Å². The zero-order valence-electron chi connectivity index (χ0n) is 12.2. The van der Waals surface area contributed by atoms with E-state index >= 15 is 0 Å². The average molecular weight is 266 g/mol. The molecular formula is C14H26N4O. The third kappa shape index (κ3) is 4.60. The normalized spacial score (nSPS) is 17.2. The van der Waals surface area contributed by atoms with Crippen LogP contribution in [-0.4, -0.2) is 66.0 Å². The van der Waals surface area contributed by atoms with E-state index in [0.717, 1.165) is 45.9 Å². The molecule has 0 atom stereocenters. The molecule has 0 aliphatic carbocycles. The number of rotatable bonds is 7. The summed E-state index contributed by atoms with van der Waals surface area (Å²) in [7, 11) is 2.19. The van der Waals surface area contributed by atoms with Gasteiger partial charge < -0.3 is 9.64 Å². The molecule has 19 heavy (non-hydrogen) atoms. The summed E-state index contributed by atoms with van der Waals surface area (Å²) in [5.74, 6) is 0. The van der Waals surface area contributed by atoms with Crippen LogP contribution in [0.3, 0.4) is 0 Å². The lowest BCUT2D eigenvalue weighted by Crippen LogP contribution is -2.37. The summed E-state index contributed by atoms with van der Waals surface area (Å²) < 4.78 is 7.43. The lowest BCUT2D eigenvalue weighted by atomic mass is 10.3. The highest BCUT2D eigenvalue weighted by Crippen LogP contribution is 2.04. The molecule has 1 aromatic heterocycles. The molecule has 1 aliphatic rings. The highest BCUT2D eigenvalue weighted by atomic mass is 16.5. The Balaban J connectivity index is 1.65. The Hall–Kier alpha value is -0.910. The van der Waals surface area contributed by atoms with Gasteiger partial charge in [0.2, 0.25) is 0 Å². The molecule has 0 bridgehead atoms. The average Bonchev–Trinajstić information content (AvgIpc) is 2.87. The fourth-order valence-electron chi connectivity index (χ4n) is 2.52. The van der Waals surface area contributed by atoms with Crippen LogP contribution in [-0.2, 0) is 17.8 Å². The molecule has 0 N–H and O–H groups in total. The van der Waals surface area contributed by atoms with E-state index in [1.165, 1.54) is 18.7 Å². The molecule has 1 fully saturated rings. The van der Waals surface area contributed by atoms with Gasteiger partial charge in [-0.15, -0.1) is 0 Å². The molecule has 5 nitrogen and oxygen atoms in total. The van der Waals surface area contributed by atoms with Gasteiger partial charge in [-0.1, -0.05) is 0 Å². The van der Waals surface area contributed by atoms with Crippen LogP contribution in [0.4, 0.5) is 0 Å². The summed E-state index contributed by atoms with van der Waals surface area (Å²) in [6.45, 7) is 10.3. The van der Waals surface area contributed by atoms with Crippen molar-refractivity contribution in [1.29, 1.82) is 0 Å². The van der Waals surface area contributed by atoms with Crippen molar-refractivity contribution < 1.29 is 4.74 Å². The zero-order chi connectivity index (χ0) is 13.5. The van der Waals surface area contributed by atoms with E-state index in [9.17, 15) is 0 Å². The van der Waals surface area contributed by atoms with Crippen LogP contribution in [0.1, 0.15) is 19.0 Å². The highest BCUT2D eigenvalue weighted by Gasteiger charge is 2.10. The van der Waals surface area contributed by atoms with Gasteiger partial charge in [0.1, 0.15) is 0 Å². The van der Waals surface area contributed by atoms with Crippen LogP contribution in [0.5, 0.6) is 0 Å². The number of morpholine rings is 1. The summed E-state index contributed by atoms with van der Waals surface area (Å²) >= 11 is 0. The van der Waals surface area contributed by atoms with Crippen molar-refractivity contribution >= 4 is 0 Å². The first kappa shape index (κ1) is 14.5. The Morgan fingerprint density at radius 2 is 2.16 bits per heavy atom. The van der Waals surface area contributed by atoms with Gasteiger partial charge in [-0.25, -0.2) is 0 Å². The Labute approximate surface area is 116 Å². The lowest BCUT2D eigenvalue weighted by Gasteiger charge is -2.27. The van der Waals surface area contributed by atoms with E-state index in [2.05, 4.69) is 39.6 Å². The maximum Gasteiger partial charge on any atom is 0.0594 e. The van der Waals surface area contributed by atoms with Crippen molar-refractivity contribution in [3.8, 4) is 0 Å². The number of hydrogen-bond donors (Lipinski definition) is 0. The predicted molar refractivity (Wildman–Crippen MR) is 76.1 cm³/mol. The van der Waals surface area contributed by atoms with E-state index in [4.69, 9.17) is 4.74 Å². The van der Waals surface area contributed by atoms with Gasteiger partial charge in [-0.05, 0) is 39.5 Å².